The molecule has 0 aliphatic carbocycles. The van der Waals surface area contributed by atoms with Crippen LogP contribution in [0.2, 0.25) is 0 Å². The summed E-state index contributed by atoms with van der Waals surface area (Å²) >= 11 is 1.70. The highest BCUT2D eigenvalue weighted by molar-refractivity contribution is 7.18. The summed E-state index contributed by atoms with van der Waals surface area (Å²) in [6.07, 6.45) is 4.50. The first kappa shape index (κ1) is 17.9. The largest absolute Gasteiger partial charge is 0.454 e. The number of benzene rings is 1. The number of nitrogens with zero attached hydrogens (tertiary/aromatic N) is 4. The van der Waals surface area contributed by atoms with Gasteiger partial charge in [0.25, 0.3) is 0 Å². The second-order valence-electron chi connectivity index (χ2n) is 7.04. The highest BCUT2D eigenvalue weighted by Gasteiger charge is 2.17. The summed E-state index contributed by atoms with van der Waals surface area (Å²) in [6, 6.07) is 6.08. The molecule has 0 saturated heterocycles. The third-order valence-electron chi connectivity index (χ3n) is 5.20. The lowest BCUT2D eigenvalue weighted by Crippen LogP contribution is -2.10. The molecule has 0 unspecified atom stereocenters. The number of fused-ring (bicyclic) bond motifs is 2. The Kier molecular flexibility index (Phi) is 4.35. The fourth-order valence-corrected chi connectivity index (χ4v) is 4.51. The number of hydrogen-bond donors (Lipinski definition) is 1. The quantitative estimate of drug-likeness (QED) is 0.535. The summed E-state index contributed by atoms with van der Waals surface area (Å²) in [5, 5.41) is 4.63. The van der Waals surface area contributed by atoms with E-state index in [0.717, 1.165) is 46.3 Å². The van der Waals surface area contributed by atoms with Crippen molar-refractivity contribution in [2.24, 2.45) is 0 Å². The predicted octanol–water partition coefficient (Wildman–Crippen LogP) is 4.19. The zero-order valence-electron chi connectivity index (χ0n) is 16.5. The van der Waals surface area contributed by atoms with E-state index in [1.807, 2.05) is 29.8 Å². The average Bonchev–Trinajstić information content (AvgIpc) is 3.41. The summed E-state index contributed by atoms with van der Waals surface area (Å²) in [6.45, 7) is 7.25. The lowest BCUT2D eigenvalue weighted by molar-refractivity contribution is 0.174. The van der Waals surface area contributed by atoms with E-state index in [1.165, 1.54) is 16.0 Å². The van der Waals surface area contributed by atoms with Gasteiger partial charge in [-0.3, -0.25) is 4.57 Å². The second kappa shape index (κ2) is 7.04. The topological polar surface area (TPSA) is 74.1 Å². The molecule has 148 valence electrons. The zero-order valence-corrected chi connectivity index (χ0v) is 17.3. The first-order valence-corrected chi connectivity index (χ1v) is 10.3. The lowest BCUT2D eigenvalue weighted by Gasteiger charge is -2.11. The second-order valence-corrected chi connectivity index (χ2v) is 8.25. The fourth-order valence-electron chi connectivity index (χ4n) is 3.49. The first-order valence-electron chi connectivity index (χ1n) is 9.50. The minimum Gasteiger partial charge on any atom is -0.454 e. The molecule has 7 nitrogen and oxygen atoms in total. The maximum atomic E-state index is 5.48. The molecular weight excluding hydrogens is 386 g/mol. The van der Waals surface area contributed by atoms with E-state index >= 15 is 0 Å². The summed E-state index contributed by atoms with van der Waals surface area (Å²) in [5.74, 6) is 3.98. The first-order chi connectivity index (χ1) is 14.1. The maximum Gasteiger partial charge on any atom is 0.238 e. The van der Waals surface area contributed by atoms with Crippen LogP contribution in [0.4, 0.5) is 5.82 Å². The van der Waals surface area contributed by atoms with Gasteiger partial charge in [-0.2, -0.15) is 4.98 Å². The van der Waals surface area contributed by atoms with Gasteiger partial charge in [-0.25, -0.2) is 9.97 Å². The molecule has 1 aromatic carbocycles. The summed E-state index contributed by atoms with van der Waals surface area (Å²) in [7, 11) is 0. The van der Waals surface area contributed by atoms with Crippen molar-refractivity contribution in [1.82, 2.24) is 19.5 Å². The number of nitrogens with one attached hydrogen (secondary N) is 1. The minimum atomic E-state index is 0.295. The van der Waals surface area contributed by atoms with Crippen LogP contribution in [-0.4, -0.2) is 32.9 Å². The molecule has 4 heterocycles. The van der Waals surface area contributed by atoms with Gasteiger partial charge in [0, 0.05) is 23.8 Å². The monoisotopic (exact) mass is 407 g/mol. The Morgan fingerprint density at radius 2 is 2.00 bits per heavy atom. The molecule has 0 saturated carbocycles. The van der Waals surface area contributed by atoms with Crippen LogP contribution in [0.15, 0.2) is 30.6 Å². The van der Waals surface area contributed by atoms with Gasteiger partial charge in [0.2, 0.25) is 12.7 Å². The Morgan fingerprint density at radius 1 is 1.14 bits per heavy atom. The molecule has 8 heteroatoms. The molecule has 0 spiro atoms. The van der Waals surface area contributed by atoms with Crippen molar-refractivity contribution >= 4 is 27.4 Å². The van der Waals surface area contributed by atoms with Crippen molar-refractivity contribution in [2.75, 3.05) is 18.7 Å². The molecule has 0 fully saturated rings. The molecule has 0 radical (unpaired) electrons. The van der Waals surface area contributed by atoms with Crippen LogP contribution in [0.3, 0.4) is 0 Å². The number of rotatable bonds is 5. The summed E-state index contributed by atoms with van der Waals surface area (Å²) < 4.78 is 12.8. The molecule has 1 aliphatic rings. The van der Waals surface area contributed by atoms with Crippen LogP contribution in [0.5, 0.6) is 11.5 Å². The number of thiophene rings is 1. The molecule has 1 N–H and O–H groups in total. The van der Waals surface area contributed by atoms with E-state index < -0.39 is 0 Å². The van der Waals surface area contributed by atoms with Gasteiger partial charge in [-0.1, -0.05) is 6.07 Å². The predicted molar refractivity (Wildman–Crippen MR) is 114 cm³/mol. The Morgan fingerprint density at radius 3 is 2.83 bits per heavy atom. The highest BCUT2D eigenvalue weighted by Crippen LogP contribution is 2.35. The zero-order chi connectivity index (χ0) is 20.0. The maximum absolute atomic E-state index is 5.48. The Labute approximate surface area is 172 Å². The minimum absolute atomic E-state index is 0.295. The Hall–Kier alpha value is -3.13. The molecule has 5 rings (SSSR count). The van der Waals surface area contributed by atoms with Crippen LogP contribution in [0.25, 0.3) is 16.2 Å². The number of hydrogen-bond acceptors (Lipinski definition) is 7. The van der Waals surface area contributed by atoms with Crippen molar-refractivity contribution in [3.63, 3.8) is 0 Å². The van der Waals surface area contributed by atoms with Crippen LogP contribution < -0.4 is 14.8 Å². The van der Waals surface area contributed by atoms with Crippen molar-refractivity contribution in [3.05, 3.63) is 52.4 Å². The fraction of sp³-hybridized carbons (Fsp3) is 0.286. The molecular formula is C21H21N5O2S. The van der Waals surface area contributed by atoms with Crippen molar-refractivity contribution in [1.29, 1.82) is 0 Å². The third-order valence-corrected chi connectivity index (χ3v) is 6.30. The van der Waals surface area contributed by atoms with Crippen LogP contribution >= 0.6 is 11.3 Å². The number of anilines is 1. The number of aromatic nitrogens is 4. The Bertz CT molecular complexity index is 1210. The normalized spacial score (nSPS) is 12.7. The van der Waals surface area contributed by atoms with E-state index in [2.05, 4.69) is 30.2 Å². The van der Waals surface area contributed by atoms with E-state index in [4.69, 9.17) is 19.4 Å². The number of imidazole rings is 1. The highest BCUT2D eigenvalue weighted by atomic mass is 32.1. The third kappa shape index (κ3) is 3.19. The molecule has 0 bridgehead atoms. The van der Waals surface area contributed by atoms with Crippen LogP contribution in [0, 0.1) is 20.8 Å². The van der Waals surface area contributed by atoms with E-state index in [-0.39, 0.29) is 0 Å². The van der Waals surface area contributed by atoms with Gasteiger partial charge in [-0.05, 0) is 50.5 Å². The van der Waals surface area contributed by atoms with E-state index in [0.29, 0.717) is 12.7 Å². The lowest BCUT2D eigenvalue weighted by atomic mass is 10.1. The van der Waals surface area contributed by atoms with Gasteiger partial charge >= 0.3 is 0 Å². The molecule has 0 atom stereocenters. The summed E-state index contributed by atoms with van der Waals surface area (Å²) in [5.41, 5.74) is 2.42. The van der Waals surface area contributed by atoms with Crippen LogP contribution in [0.1, 0.15) is 21.8 Å². The number of ether oxygens (including phenoxy) is 2. The SMILES string of the molecule is Cc1sc2nc(-n3ccnc3C)nc(NCCc3ccc4c(c3)OCO4)c2c1C. The molecule has 29 heavy (non-hydrogen) atoms. The van der Waals surface area contributed by atoms with Gasteiger partial charge in [-0.15, -0.1) is 11.3 Å². The number of aryl methyl sites for hydroxylation is 3. The standard InChI is InChI=1S/C21H21N5O2S/c1-12-13(2)29-20-18(12)19(24-21(25-20)26-9-8-22-14(26)3)23-7-6-15-4-5-16-17(10-15)28-11-27-16/h4-5,8-10H,6-7,11H2,1-3H3,(H,23,24,25). The molecule has 4 aromatic rings. The van der Waals surface area contributed by atoms with Gasteiger partial charge in [0.15, 0.2) is 11.5 Å². The van der Waals surface area contributed by atoms with Crippen molar-refractivity contribution < 1.29 is 9.47 Å². The Balaban J connectivity index is 1.44. The van der Waals surface area contributed by atoms with Gasteiger partial charge < -0.3 is 14.8 Å². The van der Waals surface area contributed by atoms with Gasteiger partial charge in [0.1, 0.15) is 16.5 Å². The average molecular weight is 407 g/mol. The van der Waals surface area contributed by atoms with E-state index in [9.17, 15) is 0 Å². The van der Waals surface area contributed by atoms with Gasteiger partial charge in [0.05, 0.1) is 5.39 Å². The van der Waals surface area contributed by atoms with E-state index in [1.54, 1.807) is 17.5 Å². The smallest absolute Gasteiger partial charge is 0.238 e. The summed E-state index contributed by atoms with van der Waals surface area (Å²) in [4.78, 5) is 16.2. The van der Waals surface area contributed by atoms with Crippen molar-refractivity contribution in [2.45, 2.75) is 27.2 Å². The molecule has 0 amide bonds. The molecule has 3 aromatic heterocycles. The van der Waals surface area contributed by atoms with Crippen LogP contribution in [-0.2, 0) is 6.42 Å². The molecule has 1 aliphatic heterocycles. The van der Waals surface area contributed by atoms with Crippen molar-refractivity contribution in [3.8, 4) is 17.4 Å².